The number of carbonyl (C=O) groups excluding carboxylic acids is 4. The molecule has 1 aromatic heterocycles. The Hall–Kier alpha value is -2.98. The van der Waals surface area contributed by atoms with E-state index in [1.165, 1.54) is 12.3 Å². The van der Waals surface area contributed by atoms with Crippen LogP contribution in [0.15, 0.2) is 40.6 Å². The Kier molecular flexibility index (Phi) is 6.22. The van der Waals surface area contributed by atoms with E-state index >= 15 is 0 Å². The lowest BCUT2D eigenvalue weighted by molar-refractivity contribution is -0.122. The van der Waals surface area contributed by atoms with E-state index in [0.29, 0.717) is 10.0 Å². The van der Waals surface area contributed by atoms with E-state index in [2.05, 4.69) is 15.6 Å². The third-order valence-electron chi connectivity index (χ3n) is 3.61. The van der Waals surface area contributed by atoms with Gasteiger partial charge < -0.3 is 10.6 Å². The monoisotopic (exact) mass is 416 g/mol. The van der Waals surface area contributed by atoms with Gasteiger partial charge in [-0.25, -0.2) is 4.98 Å². The van der Waals surface area contributed by atoms with Crippen LogP contribution in [0.4, 0.5) is 9.93 Å². The highest BCUT2D eigenvalue weighted by Gasteiger charge is 2.34. The Labute approximate surface area is 169 Å². The Morgan fingerprint density at radius 2 is 1.96 bits per heavy atom. The number of nitrogens with zero attached hydrogens (tertiary/aromatic N) is 2. The minimum Gasteiger partial charge on any atom is -0.349 e. The summed E-state index contributed by atoms with van der Waals surface area (Å²) in [6.45, 7) is 1.51. The molecule has 28 heavy (non-hydrogen) atoms. The molecule has 2 N–H and O–H groups in total. The predicted octanol–water partition coefficient (Wildman–Crippen LogP) is 2.57. The van der Waals surface area contributed by atoms with E-state index in [9.17, 15) is 19.2 Å². The normalized spacial score (nSPS) is 15.2. The number of amides is 4. The molecule has 10 heteroatoms. The van der Waals surface area contributed by atoms with Gasteiger partial charge in [-0.15, -0.1) is 11.3 Å². The van der Waals surface area contributed by atoms with E-state index < -0.39 is 5.91 Å². The van der Waals surface area contributed by atoms with Gasteiger partial charge in [0.15, 0.2) is 5.13 Å². The fourth-order valence-corrected chi connectivity index (χ4v) is 3.95. The first-order chi connectivity index (χ1) is 13.4. The number of thiazole rings is 1. The molecule has 1 aliphatic rings. The Bertz CT molecular complexity index is 956. The number of hydrogen-bond donors (Lipinski definition) is 2. The van der Waals surface area contributed by atoms with Crippen LogP contribution in [-0.4, -0.2) is 45.9 Å². The zero-order valence-corrected chi connectivity index (χ0v) is 16.4. The Morgan fingerprint density at radius 3 is 2.68 bits per heavy atom. The quantitative estimate of drug-likeness (QED) is 0.701. The lowest BCUT2D eigenvalue weighted by atomic mass is 10.2. The van der Waals surface area contributed by atoms with Crippen molar-refractivity contribution in [2.75, 3.05) is 18.4 Å². The third-order valence-corrected chi connectivity index (χ3v) is 5.28. The molecule has 1 aromatic carbocycles. The highest BCUT2D eigenvalue weighted by Crippen LogP contribution is 2.31. The first-order valence-electron chi connectivity index (χ1n) is 8.26. The van der Waals surface area contributed by atoms with Gasteiger partial charge in [0.2, 0.25) is 5.91 Å². The zero-order valence-electron chi connectivity index (χ0n) is 14.8. The number of imide groups is 1. The van der Waals surface area contributed by atoms with Crippen molar-refractivity contribution < 1.29 is 19.2 Å². The average molecular weight is 416 g/mol. The molecule has 8 nitrogen and oxygen atoms in total. The van der Waals surface area contributed by atoms with Crippen LogP contribution in [0.3, 0.4) is 0 Å². The van der Waals surface area contributed by atoms with Crippen LogP contribution in [0.1, 0.15) is 23.0 Å². The number of aromatic nitrogens is 1. The standard InChI is InChI=1S/C18H16N4O4S2/c1-11(23)20-17-21-13(10-27-17)15(24)19-7-8-22-16(25)14(28-18(22)26)9-12-5-3-2-4-6-12/h2-6,9-10H,7-8H2,1H3,(H,19,24)(H,20,21,23)/b14-9-. The van der Waals surface area contributed by atoms with Crippen LogP contribution in [0, 0.1) is 0 Å². The van der Waals surface area contributed by atoms with Gasteiger partial charge in [-0.05, 0) is 23.4 Å². The summed E-state index contributed by atoms with van der Waals surface area (Å²) in [4.78, 5) is 53.1. The molecule has 0 spiro atoms. The van der Waals surface area contributed by atoms with Crippen LogP contribution >= 0.6 is 23.1 Å². The smallest absolute Gasteiger partial charge is 0.293 e. The van der Waals surface area contributed by atoms with Gasteiger partial charge in [-0.1, -0.05) is 30.3 Å². The number of hydrogen-bond acceptors (Lipinski definition) is 7. The molecule has 1 aliphatic heterocycles. The average Bonchev–Trinajstić information content (AvgIpc) is 3.22. The second-order valence-corrected chi connectivity index (χ2v) is 7.57. The van der Waals surface area contributed by atoms with Gasteiger partial charge in [0, 0.05) is 25.4 Å². The van der Waals surface area contributed by atoms with Crippen molar-refractivity contribution in [3.8, 4) is 0 Å². The molecule has 1 saturated heterocycles. The second kappa shape index (κ2) is 8.81. The Balaban J connectivity index is 1.54. The first kappa shape index (κ1) is 19.8. The van der Waals surface area contributed by atoms with Crippen LogP contribution in [-0.2, 0) is 9.59 Å². The summed E-state index contributed by atoms with van der Waals surface area (Å²) in [5.41, 5.74) is 0.992. The highest BCUT2D eigenvalue weighted by molar-refractivity contribution is 8.18. The topological polar surface area (TPSA) is 108 Å². The third kappa shape index (κ3) is 4.84. The van der Waals surface area contributed by atoms with Crippen molar-refractivity contribution in [2.45, 2.75) is 6.92 Å². The minimum atomic E-state index is -0.445. The zero-order chi connectivity index (χ0) is 20.1. The molecule has 0 bridgehead atoms. The van der Waals surface area contributed by atoms with Crippen molar-refractivity contribution >= 4 is 57.3 Å². The van der Waals surface area contributed by atoms with Gasteiger partial charge in [0.05, 0.1) is 4.91 Å². The van der Waals surface area contributed by atoms with Crippen LogP contribution in [0.5, 0.6) is 0 Å². The SMILES string of the molecule is CC(=O)Nc1nc(C(=O)NCCN2C(=O)S/C(=C\c3ccccc3)C2=O)cs1. The number of thioether (sulfide) groups is 1. The molecule has 0 unspecified atom stereocenters. The predicted molar refractivity (Wildman–Crippen MR) is 108 cm³/mol. The van der Waals surface area contributed by atoms with Gasteiger partial charge in [-0.2, -0.15) is 0 Å². The maximum Gasteiger partial charge on any atom is 0.293 e. The number of benzene rings is 1. The maximum absolute atomic E-state index is 12.4. The molecule has 2 heterocycles. The van der Waals surface area contributed by atoms with Crippen molar-refractivity contribution in [1.82, 2.24) is 15.2 Å². The van der Waals surface area contributed by atoms with Crippen LogP contribution < -0.4 is 10.6 Å². The van der Waals surface area contributed by atoms with E-state index in [4.69, 9.17) is 0 Å². The molecule has 3 rings (SSSR count). The molecule has 0 saturated carbocycles. The number of rotatable bonds is 6. The van der Waals surface area contributed by atoms with E-state index in [-0.39, 0.29) is 35.8 Å². The van der Waals surface area contributed by atoms with Crippen molar-refractivity contribution in [3.05, 3.63) is 51.9 Å². The molecule has 144 valence electrons. The summed E-state index contributed by atoms with van der Waals surface area (Å²) in [7, 11) is 0. The summed E-state index contributed by atoms with van der Waals surface area (Å²) in [6, 6.07) is 9.25. The van der Waals surface area contributed by atoms with E-state index in [1.54, 1.807) is 6.08 Å². The van der Waals surface area contributed by atoms with Gasteiger partial charge >= 0.3 is 0 Å². The Morgan fingerprint density at radius 1 is 1.21 bits per heavy atom. The molecule has 4 amide bonds. The van der Waals surface area contributed by atoms with Crippen LogP contribution in [0.2, 0.25) is 0 Å². The highest BCUT2D eigenvalue weighted by atomic mass is 32.2. The minimum absolute atomic E-state index is 0.0607. The summed E-state index contributed by atoms with van der Waals surface area (Å²) in [5, 5.41) is 6.59. The number of anilines is 1. The van der Waals surface area contributed by atoms with Gasteiger partial charge in [0.25, 0.3) is 17.1 Å². The maximum atomic E-state index is 12.4. The molecule has 0 atom stereocenters. The van der Waals surface area contributed by atoms with Gasteiger partial charge in [-0.3, -0.25) is 24.1 Å². The van der Waals surface area contributed by atoms with Gasteiger partial charge in [0.1, 0.15) is 5.69 Å². The largest absolute Gasteiger partial charge is 0.349 e. The second-order valence-electron chi connectivity index (χ2n) is 5.72. The molecular formula is C18H16N4O4S2. The molecule has 0 radical (unpaired) electrons. The van der Waals surface area contributed by atoms with Crippen LogP contribution in [0.25, 0.3) is 6.08 Å². The molecule has 1 fully saturated rings. The summed E-state index contributed by atoms with van der Waals surface area (Å²) < 4.78 is 0. The van der Waals surface area contributed by atoms with Crippen molar-refractivity contribution in [3.63, 3.8) is 0 Å². The number of nitrogens with one attached hydrogen (secondary N) is 2. The van der Waals surface area contributed by atoms with E-state index in [0.717, 1.165) is 33.6 Å². The lowest BCUT2D eigenvalue weighted by Gasteiger charge is -2.12. The summed E-state index contributed by atoms with van der Waals surface area (Å²) in [6.07, 6.45) is 1.67. The number of carbonyl (C=O) groups is 4. The summed E-state index contributed by atoms with van der Waals surface area (Å²) >= 11 is 2.01. The molecular weight excluding hydrogens is 400 g/mol. The fourth-order valence-electron chi connectivity index (χ4n) is 2.35. The lowest BCUT2D eigenvalue weighted by Crippen LogP contribution is -2.37. The molecule has 0 aliphatic carbocycles. The fraction of sp³-hybridized carbons (Fsp3) is 0.167. The summed E-state index contributed by atoms with van der Waals surface area (Å²) in [5.74, 6) is -1.10. The molecule has 2 aromatic rings. The first-order valence-corrected chi connectivity index (χ1v) is 9.95. The van der Waals surface area contributed by atoms with Crippen molar-refractivity contribution in [1.29, 1.82) is 0 Å². The van der Waals surface area contributed by atoms with E-state index in [1.807, 2.05) is 30.3 Å². The van der Waals surface area contributed by atoms with Crippen molar-refractivity contribution in [2.24, 2.45) is 0 Å².